The van der Waals surface area contributed by atoms with E-state index in [4.69, 9.17) is 0 Å². The number of rotatable bonds is 8. The zero-order valence-corrected chi connectivity index (χ0v) is 19.9. The van der Waals surface area contributed by atoms with Crippen LogP contribution >= 0.6 is 0 Å². The Morgan fingerprint density at radius 2 is 1.88 bits per heavy atom. The Labute approximate surface area is 194 Å². The fourth-order valence-corrected chi connectivity index (χ4v) is 4.37. The third-order valence-electron chi connectivity index (χ3n) is 6.01. The van der Waals surface area contributed by atoms with Gasteiger partial charge in [-0.1, -0.05) is 12.9 Å². The number of aryl methyl sites for hydroxylation is 2. The molecule has 0 bridgehead atoms. The number of hydrogen-bond donors (Lipinski definition) is 1. The Morgan fingerprint density at radius 1 is 1.18 bits per heavy atom. The number of hydrogen-bond acceptors (Lipinski definition) is 3. The Bertz CT molecular complexity index is 1030. The topological polar surface area (TPSA) is 59.4 Å². The van der Waals surface area contributed by atoms with Crippen LogP contribution in [0.1, 0.15) is 36.7 Å². The van der Waals surface area contributed by atoms with Crippen LogP contribution in [0.25, 0.3) is 6.08 Å². The highest BCUT2D eigenvalue weighted by Crippen LogP contribution is 2.25. The first kappa shape index (κ1) is 24.8. The monoisotopic (exact) mass is 458 g/mol. The number of H-pyrrole nitrogens is 1. The average molecular weight is 458 g/mol. The van der Waals surface area contributed by atoms with E-state index in [-0.39, 0.29) is 24.5 Å². The van der Waals surface area contributed by atoms with Crippen molar-refractivity contribution in [3.05, 3.63) is 53.0 Å². The van der Waals surface area contributed by atoms with Crippen molar-refractivity contribution in [1.82, 2.24) is 14.8 Å². The molecule has 0 saturated carbocycles. The van der Waals surface area contributed by atoms with Crippen molar-refractivity contribution < 1.29 is 22.7 Å². The molecule has 33 heavy (non-hydrogen) atoms. The molecule has 0 spiro atoms. The molecule has 6 nitrogen and oxygen atoms in total. The lowest BCUT2D eigenvalue weighted by Gasteiger charge is -2.34. The summed E-state index contributed by atoms with van der Waals surface area (Å²) >= 11 is 0. The first-order valence-corrected chi connectivity index (χ1v) is 11.5. The number of nitrogens with one attached hydrogen (secondary N) is 1. The number of ketones is 1. The van der Waals surface area contributed by atoms with Gasteiger partial charge < -0.3 is 23.0 Å². The van der Waals surface area contributed by atoms with Gasteiger partial charge in [0.15, 0.2) is 11.5 Å². The summed E-state index contributed by atoms with van der Waals surface area (Å²) in [5, 5.41) is 0. The van der Waals surface area contributed by atoms with Gasteiger partial charge in [0, 0.05) is 75.2 Å². The van der Waals surface area contributed by atoms with Gasteiger partial charge in [-0.25, -0.2) is 0 Å². The molecule has 3 heterocycles. The van der Waals surface area contributed by atoms with Crippen LogP contribution in [-0.2, 0) is 9.59 Å². The molecule has 1 aromatic rings. The van der Waals surface area contributed by atoms with E-state index >= 15 is 0 Å². The maximum absolute atomic E-state index is 14.6. The fraction of sp³-hybridized carbons (Fsp3) is 0.458. The largest absolute Gasteiger partial charge is 0.611 e. The summed E-state index contributed by atoms with van der Waals surface area (Å²) in [6.07, 6.45) is 8.99. The minimum Gasteiger partial charge on any atom is -0.412 e. The minimum absolute atomic E-state index is 0.0186. The molecule has 3 rings (SSSR count). The lowest BCUT2D eigenvalue weighted by Crippen LogP contribution is -2.48. The number of allylic oxidation sites excluding steroid dienone is 3. The van der Waals surface area contributed by atoms with Crippen LogP contribution in [-0.4, -0.2) is 76.2 Å². The Kier molecular flexibility index (Phi) is 7.84. The molecule has 1 N–H and O–H groups in total. The van der Waals surface area contributed by atoms with Gasteiger partial charge in [-0.2, -0.15) is 0 Å². The summed E-state index contributed by atoms with van der Waals surface area (Å²) in [4.78, 5) is 30.9. The quantitative estimate of drug-likeness (QED) is 0.479. The maximum atomic E-state index is 14.6. The van der Waals surface area contributed by atoms with Crippen molar-refractivity contribution in [3.8, 4) is 0 Å². The zero-order valence-electron chi connectivity index (χ0n) is 19.9. The van der Waals surface area contributed by atoms with Gasteiger partial charge in [0.1, 0.15) is 5.71 Å². The van der Waals surface area contributed by atoms with Crippen LogP contribution in [0, 0.1) is 13.8 Å². The molecule has 2 aliphatic heterocycles. The highest BCUT2D eigenvalue weighted by atomic mass is 19.2. The molecule has 0 radical (unpaired) electrons. The lowest BCUT2D eigenvalue weighted by molar-refractivity contribution is -0.354. The summed E-state index contributed by atoms with van der Waals surface area (Å²) in [7, 11) is 0. The van der Waals surface area contributed by atoms with Crippen LogP contribution in [0.4, 0.5) is 8.63 Å². The molecule has 178 valence electrons. The Balaban J connectivity index is 1.62. The van der Waals surface area contributed by atoms with Crippen molar-refractivity contribution in [2.24, 2.45) is 0 Å². The second-order valence-corrected chi connectivity index (χ2v) is 8.98. The van der Waals surface area contributed by atoms with E-state index in [0.29, 0.717) is 31.0 Å². The third kappa shape index (κ3) is 6.60. The van der Waals surface area contributed by atoms with Crippen LogP contribution in [0.5, 0.6) is 0 Å². The van der Waals surface area contributed by atoms with Gasteiger partial charge in [0.05, 0.1) is 0 Å². The predicted molar refractivity (Wildman–Crippen MR) is 129 cm³/mol. The summed E-state index contributed by atoms with van der Waals surface area (Å²) in [6.45, 7) is 5.88. The number of carbonyl (C=O) groups excluding carboxylic acids is 2. The molecule has 0 aliphatic carbocycles. The Hall–Kier alpha value is -2.81. The smallest absolute Gasteiger partial charge is 0.412 e. The van der Waals surface area contributed by atoms with Crippen molar-refractivity contribution in [3.63, 3.8) is 0 Å². The van der Waals surface area contributed by atoms with Gasteiger partial charge in [-0.05, 0) is 38.5 Å². The first-order chi connectivity index (χ1) is 15.5. The summed E-state index contributed by atoms with van der Waals surface area (Å²) in [5.74, 6) is 0.00136. The van der Waals surface area contributed by atoms with E-state index in [2.05, 4.69) is 9.88 Å². The number of amides is 1. The van der Waals surface area contributed by atoms with Crippen LogP contribution in [0.2, 0.25) is 6.82 Å². The molecule has 1 aromatic heterocycles. The fourth-order valence-electron chi connectivity index (χ4n) is 4.37. The molecular weight excluding hydrogens is 425 g/mol. The lowest BCUT2D eigenvalue weighted by atomic mass is 9.82. The molecule has 0 unspecified atom stereocenters. The molecule has 2 aliphatic rings. The third-order valence-corrected chi connectivity index (χ3v) is 6.01. The second-order valence-electron chi connectivity index (χ2n) is 8.98. The van der Waals surface area contributed by atoms with Gasteiger partial charge in [0.25, 0.3) is 0 Å². The normalized spacial score (nSPS) is 18.8. The molecule has 0 aromatic carbocycles. The average Bonchev–Trinajstić information content (AvgIpc) is 3.28. The van der Waals surface area contributed by atoms with Crippen LogP contribution in [0.15, 0.2) is 36.1 Å². The van der Waals surface area contributed by atoms with Gasteiger partial charge >= 0.3 is 6.84 Å². The predicted octanol–water partition coefficient (Wildman–Crippen LogP) is 3.57. The van der Waals surface area contributed by atoms with E-state index in [1.165, 1.54) is 6.92 Å². The van der Waals surface area contributed by atoms with Gasteiger partial charge in [-0.3, -0.25) is 14.5 Å². The highest BCUT2D eigenvalue weighted by molar-refractivity contribution is 6.57. The van der Waals surface area contributed by atoms with Gasteiger partial charge in [0.2, 0.25) is 5.91 Å². The SMILES string of the molecule is CC(=O)/C=C/CN1CCN(C(=O)CCC2=[N+]([B-](C)(F)F)C(=Cc3[nH]c(C)cc3C)C=C2)CC1. The second kappa shape index (κ2) is 10.4. The van der Waals surface area contributed by atoms with E-state index in [1.54, 1.807) is 29.2 Å². The molecule has 1 amide bonds. The first-order valence-electron chi connectivity index (χ1n) is 11.5. The summed E-state index contributed by atoms with van der Waals surface area (Å²) in [6, 6.07) is 1.98. The number of carbonyl (C=O) groups is 2. The number of piperazine rings is 1. The van der Waals surface area contributed by atoms with E-state index in [1.807, 2.05) is 26.0 Å². The molecular formula is C24H33BF2N4O2. The zero-order chi connectivity index (χ0) is 24.2. The van der Waals surface area contributed by atoms with Crippen LogP contribution in [0.3, 0.4) is 0 Å². The number of nitrogens with zero attached hydrogens (tertiary/aromatic N) is 3. The van der Waals surface area contributed by atoms with E-state index < -0.39 is 6.84 Å². The molecule has 1 fully saturated rings. The minimum atomic E-state index is -3.79. The van der Waals surface area contributed by atoms with Crippen molar-refractivity contribution >= 4 is 30.3 Å². The molecule has 1 saturated heterocycles. The summed E-state index contributed by atoms with van der Waals surface area (Å²) in [5.41, 5.74) is 3.69. The molecule has 9 heteroatoms. The highest BCUT2D eigenvalue weighted by Gasteiger charge is 2.40. The number of halogens is 2. The summed E-state index contributed by atoms with van der Waals surface area (Å²) < 4.78 is 30.2. The Morgan fingerprint density at radius 3 is 2.45 bits per heavy atom. The number of aromatic nitrogens is 1. The van der Waals surface area contributed by atoms with E-state index in [9.17, 15) is 18.2 Å². The van der Waals surface area contributed by atoms with Crippen LogP contribution < -0.4 is 0 Å². The van der Waals surface area contributed by atoms with E-state index in [0.717, 1.165) is 41.4 Å². The molecule has 0 atom stereocenters. The van der Waals surface area contributed by atoms with Crippen molar-refractivity contribution in [2.75, 3.05) is 32.7 Å². The van der Waals surface area contributed by atoms with Crippen molar-refractivity contribution in [2.45, 2.75) is 40.4 Å². The maximum Gasteiger partial charge on any atom is 0.611 e. The van der Waals surface area contributed by atoms with Crippen molar-refractivity contribution in [1.29, 1.82) is 0 Å². The van der Waals surface area contributed by atoms with Gasteiger partial charge in [-0.15, -0.1) is 0 Å². The number of aromatic amines is 1. The standard InChI is InChI=1S/C24H33BF2N4O2/c1-18-16-19(2)28-23(18)17-22-8-7-21(31(22)25(4,26)27)9-10-24(33)30-14-12-29(13-15-30)11-5-6-20(3)32/h5-8,16-17,28H,9-15H2,1-4H3/b6-5+,22-17?.